The molecule has 0 aliphatic carbocycles. The number of pyridine rings is 1. The molecule has 0 atom stereocenters. The van der Waals surface area contributed by atoms with Gasteiger partial charge in [0, 0.05) is 17.2 Å². The minimum absolute atomic E-state index is 0.149. The number of rotatable bonds is 6. The third kappa shape index (κ3) is 3.89. The Morgan fingerprint density at radius 3 is 2.55 bits per heavy atom. The summed E-state index contributed by atoms with van der Waals surface area (Å²) in [5.41, 5.74) is 0.382. The standard InChI is InChI=1S/C14H16BrN3O3S/c1-3-16-14-13(8-10(15)9-17-14)18-22(19,20)12-6-4-11(21-2)5-7-12/h4-9,18H,3H2,1-2H3,(H,16,17). The van der Waals surface area contributed by atoms with Crippen LogP contribution in [0.15, 0.2) is 45.9 Å². The van der Waals surface area contributed by atoms with Crippen molar-refractivity contribution in [3.8, 4) is 5.75 Å². The number of hydrogen-bond acceptors (Lipinski definition) is 5. The zero-order valence-corrected chi connectivity index (χ0v) is 14.5. The molecular weight excluding hydrogens is 370 g/mol. The topological polar surface area (TPSA) is 80.3 Å². The minimum atomic E-state index is -3.70. The van der Waals surface area contributed by atoms with Gasteiger partial charge in [0.25, 0.3) is 10.0 Å². The predicted octanol–water partition coefficient (Wildman–Crippen LogP) is 3.09. The first-order valence-electron chi connectivity index (χ1n) is 6.52. The van der Waals surface area contributed by atoms with Crippen LogP contribution in [0, 0.1) is 0 Å². The van der Waals surface area contributed by atoms with Crippen LogP contribution in [0.3, 0.4) is 0 Å². The van der Waals surface area contributed by atoms with Crippen LogP contribution >= 0.6 is 15.9 Å². The second-order valence-electron chi connectivity index (χ2n) is 4.36. The van der Waals surface area contributed by atoms with Crippen LogP contribution in [0.25, 0.3) is 0 Å². The van der Waals surface area contributed by atoms with Gasteiger partial charge in [0.15, 0.2) is 0 Å². The summed E-state index contributed by atoms with van der Waals surface area (Å²) in [7, 11) is -2.18. The van der Waals surface area contributed by atoms with Gasteiger partial charge in [-0.15, -0.1) is 0 Å². The first kappa shape index (κ1) is 16.6. The summed E-state index contributed by atoms with van der Waals surface area (Å²) in [5, 5.41) is 3.02. The van der Waals surface area contributed by atoms with E-state index in [1.54, 1.807) is 24.4 Å². The van der Waals surface area contributed by atoms with Gasteiger partial charge >= 0.3 is 0 Å². The van der Waals surface area contributed by atoms with Crippen molar-refractivity contribution in [3.63, 3.8) is 0 Å². The van der Waals surface area contributed by atoms with Crippen LogP contribution in [0.4, 0.5) is 11.5 Å². The molecule has 0 spiro atoms. The van der Waals surface area contributed by atoms with Crippen molar-refractivity contribution in [2.75, 3.05) is 23.7 Å². The molecule has 8 heteroatoms. The second-order valence-corrected chi connectivity index (χ2v) is 6.96. The summed E-state index contributed by atoms with van der Waals surface area (Å²) in [5.74, 6) is 1.07. The highest BCUT2D eigenvalue weighted by Gasteiger charge is 2.17. The Morgan fingerprint density at radius 2 is 1.95 bits per heavy atom. The number of sulfonamides is 1. The van der Waals surface area contributed by atoms with Gasteiger partial charge in [-0.05, 0) is 53.2 Å². The number of halogens is 1. The quantitative estimate of drug-likeness (QED) is 0.798. The number of nitrogens with zero attached hydrogens (tertiary/aromatic N) is 1. The largest absolute Gasteiger partial charge is 0.497 e. The Bertz CT molecular complexity index is 748. The van der Waals surface area contributed by atoms with Crippen molar-refractivity contribution >= 4 is 37.5 Å². The van der Waals surface area contributed by atoms with Gasteiger partial charge in [-0.25, -0.2) is 13.4 Å². The van der Waals surface area contributed by atoms with E-state index >= 15 is 0 Å². The summed E-state index contributed by atoms with van der Waals surface area (Å²) in [6.45, 7) is 2.54. The number of nitrogens with one attached hydrogen (secondary N) is 2. The molecule has 118 valence electrons. The van der Waals surface area contributed by atoms with E-state index in [0.29, 0.717) is 28.3 Å². The summed E-state index contributed by atoms with van der Waals surface area (Å²) in [6.07, 6.45) is 1.60. The molecule has 0 radical (unpaired) electrons. The maximum Gasteiger partial charge on any atom is 0.262 e. The Hall–Kier alpha value is -1.80. The highest BCUT2D eigenvalue weighted by Crippen LogP contribution is 2.26. The third-order valence-corrected chi connectivity index (χ3v) is 4.63. The molecule has 0 aliphatic heterocycles. The lowest BCUT2D eigenvalue weighted by Gasteiger charge is -2.13. The van der Waals surface area contributed by atoms with Crippen LogP contribution in [-0.2, 0) is 10.0 Å². The maximum atomic E-state index is 12.4. The van der Waals surface area contributed by atoms with Crippen LogP contribution in [0.1, 0.15) is 6.92 Å². The highest BCUT2D eigenvalue weighted by molar-refractivity contribution is 9.10. The van der Waals surface area contributed by atoms with Crippen LogP contribution in [0.5, 0.6) is 5.75 Å². The van der Waals surface area contributed by atoms with Gasteiger partial charge in [-0.1, -0.05) is 0 Å². The fourth-order valence-corrected chi connectivity index (χ4v) is 3.17. The maximum absolute atomic E-state index is 12.4. The molecule has 0 saturated heterocycles. The van der Waals surface area contributed by atoms with E-state index in [1.165, 1.54) is 19.2 Å². The summed E-state index contributed by atoms with van der Waals surface area (Å²) >= 11 is 3.29. The molecule has 0 unspecified atom stereocenters. The molecule has 0 aliphatic rings. The number of anilines is 2. The number of benzene rings is 1. The van der Waals surface area contributed by atoms with E-state index in [-0.39, 0.29) is 4.90 Å². The molecule has 0 bridgehead atoms. The normalized spacial score (nSPS) is 11.0. The lowest BCUT2D eigenvalue weighted by molar-refractivity contribution is 0.414. The summed E-state index contributed by atoms with van der Waals surface area (Å²) in [6, 6.07) is 7.82. The van der Waals surface area contributed by atoms with Crippen molar-refractivity contribution in [3.05, 3.63) is 41.0 Å². The van der Waals surface area contributed by atoms with Crippen molar-refractivity contribution in [2.24, 2.45) is 0 Å². The van der Waals surface area contributed by atoms with E-state index in [4.69, 9.17) is 4.74 Å². The zero-order chi connectivity index (χ0) is 16.2. The average molecular weight is 386 g/mol. The molecule has 1 aromatic heterocycles. The average Bonchev–Trinajstić information content (AvgIpc) is 2.50. The molecule has 22 heavy (non-hydrogen) atoms. The fourth-order valence-electron chi connectivity index (χ4n) is 1.78. The van der Waals surface area contributed by atoms with Gasteiger partial charge in [0.2, 0.25) is 0 Å². The number of ether oxygens (including phenoxy) is 1. The van der Waals surface area contributed by atoms with E-state index < -0.39 is 10.0 Å². The minimum Gasteiger partial charge on any atom is -0.497 e. The van der Waals surface area contributed by atoms with Gasteiger partial charge < -0.3 is 10.1 Å². The smallest absolute Gasteiger partial charge is 0.262 e. The van der Waals surface area contributed by atoms with Crippen molar-refractivity contribution < 1.29 is 13.2 Å². The summed E-state index contributed by atoms with van der Waals surface area (Å²) in [4.78, 5) is 4.32. The molecule has 6 nitrogen and oxygen atoms in total. The van der Waals surface area contributed by atoms with E-state index in [1.807, 2.05) is 6.92 Å². The molecule has 0 fully saturated rings. The van der Waals surface area contributed by atoms with Gasteiger partial charge in [-0.2, -0.15) is 0 Å². The first-order chi connectivity index (χ1) is 10.5. The van der Waals surface area contributed by atoms with E-state index in [9.17, 15) is 8.42 Å². The van der Waals surface area contributed by atoms with Crippen LogP contribution < -0.4 is 14.8 Å². The van der Waals surface area contributed by atoms with Gasteiger partial charge in [-0.3, -0.25) is 4.72 Å². The van der Waals surface area contributed by atoms with Crippen molar-refractivity contribution in [2.45, 2.75) is 11.8 Å². The Morgan fingerprint density at radius 1 is 1.27 bits per heavy atom. The molecule has 1 heterocycles. The fraction of sp³-hybridized carbons (Fsp3) is 0.214. The van der Waals surface area contributed by atoms with Crippen molar-refractivity contribution in [1.82, 2.24) is 4.98 Å². The lowest BCUT2D eigenvalue weighted by Crippen LogP contribution is -2.15. The van der Waals surface area contributed by atoms with E-state index in [2.05, 4.69) is 31.0 Å². The molecule has 2 aromatic rings. The Kier molecular flexibility index (Phi) is 5.25. The van der Waals surface area contributed by atoms with E-state index in [0.717, 1.165) is 0 Å². The monoisotopic (exact) mass is 385 g/mol. The Labute approximate surface area is 138 Å². The molecule has 0 saturated carbocycles. The predicted molar refractivity (Wildman–Crippen MR) is 89.9 cm³/mol. The number of aromatic nitrogens is 1. The third-order valence-electron chi connectivity index (χ3n) is 2.81. The molecular formula is C14H16BrN3O3S. The molecule has 2 N–H and O–H groups in total. The highest BCUT2D eigenvalue weighted by atomic mass is 79.9. The van der Waals surface area contributed by atoms with Crippen molar-refractivity contribution in [1.29, 1.82) is 0 Å². The zero-order valence-electron chi connectivity index (χ0n) is 12.1. The number of methoxy groups -OCH3 is 1. The van der Waals surface area contributed by atoms with Gasteiger partial charge in [0.1, 0.15) is 11.6 Å². The first-order valence-corrected chi connectivity index (χ1v) is 8.80. The second kappa shape index (κ2) is 6.97. The number of hydrogen-bond donors (Lipinski definition) is 2. The van der Waals surface area contributed by atoms with Gasteiger partial charge in [0.05, 0.1) is 17.7 Å². The molecule has 2 rings (SSSR count). The Balaban J connectivity index is 2.33. The summed E-state index contributed by atoms with van der Waals surface area (Å²) < 4.78 is 33.1. The van der Waals surface area contributed by atoms with Crippen LogP contribution in [-0.4, -0.2) is 27.1 Å². The molecule has 1 aromatic carbocycles. The van der Waals surface area contributed by atoms with Crippen LogP contribution in [0.2, 0.25) is 0 Å². The SMILES string of the molecule is CCNc1ncc(Br)cc1NS(=O)(=O)c1ccc(OC)cc1. The molecule has 0 amide bonds. The lowest BCUT2D eigenvalue weighted by atomic mass is 10.3.